The molecule has 2 heterocycles. The molecule has 0 saturated carbocycles. The molecule has 0 spiro atoms. The van der Waals surface area contributed by atoms with Gasteiger partial charge in [-0.1, -0.05) is 36.0 Å². The highest BCUT2D eigenvalue weighted by Crippen LogP contribution is 2.29. The predicted molar refractivity (Wildman–Crippen MR) is 127 cm³/mol. The quantitative estimate of drug-likeness (QED) is 0.372. The molecule has 4 aromatic rings. The second kappa shape index (κ2) is 9.48. The number of para-hydroxylation sites is 1. The summed E-state index contributed by atoms with van der Waals surface area (Å²) in [7, 11) is 3.21. The van der Waals surface area contributed by atoms with Crippen molar-refractivity contribution >= 4 is 34.2 Å². The lowest BCUT2D eigenvalue weighted by atomic mass is 10.1. The third-order valence-corrected chi connectivity index (χ3v) is 6.37. The first kappa shape index (κ1) is 22.0. The Hall–Kier alpha value is -3.26. The number of fused-ring (bicyclic) bond motifs is 3. The summed E-state index contributed by atoms with van der Waals surface area (Å²) >= 11 is 1.41. The van der Waals surface area contributed by atoms with E-state index >= 15 is 0 Å². The van der Waals surface area contributed by atoms with E-state index in [1.807, 2.05) is 52.6 Å². The van der Waals surface area contributed by atoms with Crippen LogP contribution in [0, 0.1) is 6.92 Å². The fraction of sp³-hybridized carbons (Fsp3) is 0.292. The monoisotopic (exact) mass is 450 g/mol. The number of aromatic nitrogens is 3. The number of ether oxygens (including phenoxy) is 2. The second-order valence-corrected chi connectivity index (χ2v) is 8.35. The van der Waals surface area contributed by atoms with Gasteiger partial charge in [-0.05, 0) is 49.2 Å². The second-order valence-electron chi connectivity index (χ2n) is 7.41. The van der Waals surface area contributed by atoms with Crippen LogP contribution in [-0.4, -0.2) is 51.9 Å². The molecule has 8 heteroatoms. The molecule has 2 aromatic heterocycles. The number of carbonyl (C=O) groups excluding carboxylic acids is 1. The Kier molecular flexibility index (Phi) is 6.50. The Morgan fingerprint density at radius 2 is 1.84 bits per heavy atom. The van der Waals surface area contributed by atoms with Gasteiger partial charge in [0.15, 0.2) is 22.3 Å². The lowest BCUT2D eigenvalue weighted by Crippen LogP contribution is -2.31. The molecule has 0 aliphatic rings. The van der Waals surface area contributed by atoms with Crippen LogP contribution in [0.2, 0.25) is 0 Å². The van der Waals surface area contributed by atoms with Gasteiger partial charge in [-0.3, -0.25) is 9.20 Å². The largest absolute Gasteiger partial charge is 0.493 e. The van der Waals surface area contributed by atoms with Crippen molar-refractivity contribution < 1.29 is 14.3 Å². The van der Waals surface area contributed by atoms with Crippen LogP contribution in [0.3, 0.4) is 0 Å². The number of hydrogen-bond donors (Lipinski definition) is 0. The average Bonchev–Trinajstić information content (AvgIpc) is 3.23. The van der Waals surface area contributed by atoms with Gasteiger partial charge in [0.2, 0.25) is 5.91 Å². The zero-order valence-corrected chi connectivity index (χ0v) is 19.5. The molecule has 2 aromatic carbocycles. The molecule has 1 amide bonds. The van der Waals surface area contributed by atoms with E-state index in [0.29, 0.717) is 29.7 Å². The lowest BCUT2D eigenvalue weighted by Gasteiger charge is -2.21. The van der Waals surface area contributed by atoms with Crippen molar-refractivity contribution in [2.45, 2.75) is 25.5 Å². The van der Waals surface area contributed by atoms with Gasteiger partial charge in [-0.2, -0.15) is 0 Å². The number of carbonyl (C=O) groups is 1. The van der Waals surface area contributed by atoms with Gasteiger partial charge in [-0.15, -0.1) is 10.2 Å². The van der Waals surface area contributed by atoms with E-state index in [2.05, 4.69) is 29.3 Å². The molecular weight excluding hydrogens is 424 g/mol. The summed E-state index contributed by atoms with van der Waals surface area (Å²) in [5.74, 6) is 1.65. The van der Waals surface area contributed by atoms with E-state index in [4.69, 9.17) is 9.47 Å². The lowest BCUT2D eigenvalue weighted by molar-refractivity contribution is -0.128. The van der Waals surface area contributed by atoms with E-state index < -0.39 is 0 Å². The molecule has 0 radical (unpaired) electrons. The molecule has 0 fully saturated rings. The third-order valence-electron chi connectivity index (χ3n) is 5.45. The summed E-state index contributed by atoms with van der Waals surface area (Å²) in [6.45, 7) is 5.15. The number of rotatable bonds is 8. The van der Waals surface area contributed by atoms with Crippen molar-refractivity contribution in [2.75, 3.05) is 26.5 Å². The van der Waals surface area contributed by atoms with Gasteiger partial charge in [0.05, 0.1) is 25.5 Å². The maximum atomic E-state index is 13.0. The molecule has 0 bridgehead atoms. The fourth-order valence-corrected chi connectivity index (χ4v) is 4.62. The van der Waals surface area contributed by atoms with Crippen LogP contribution >= 0.6 is 11.8 Å². The standard InChI is InChI=1S/C24H26N4O3S/c1-5-27(14-17-10-11-20(30-3)21(13-17)31-4)23(29)15-32-24-26-25-22-12-16(2)18-8-6-7-9-19(18)28(22)24/h6-13H,5,14-15H2,1-4H3. The molecule has 32 heavy (non-hydrogen) atoms. The van der Waals surface area contributed by atoms with Gasteiger partial charge in [0.25, 0.3) is 0 Å². The number of benzene rings is 2. The normalized spacial score (nSPS) is 11.1. The Balaban J connectivity index is 1.51. The number of pyridine rings is 1. The number of hydrogen-bond acceptors (Lipinski definition) is 6. The van der Waals surface area contributed by atoms with Crippen molar-refractivity contribution in [3.05, 3.63) is 59.7 Å². The minimum absolute atomic E-state index is 0.0421. The highest BCUT2D eigenvalue weighted by Gasteiger charge is 2.17. The first-order chi connectivity index (χ1) is 15.5. The average molecular weight is 451 g/mol. The zero-order chi connectivity index (χ0) is 22.7. The maximum Gasteiger partial charge on any atom is 0.233 e. The summed E-state index contributed by atoms with van der Waals surface area (Å²) in [5, 5.41) is 10.5. The number of aryl methyl sites for hydroxylation is 1. The van der Waals surface area contributed by atoms with Crippen LogP contribution in [0.4, 0.5) is 0 Å². The summed E-state index contributed by atoms with van der Waals surface area (Å²) in [5.41, 5.74) is 3.96. The minimum atomic E-state index is 0.0421. The maximum absolute atomic E-state index is 13.0. The molecule has 0 aliphatic carbocycles. The first-order valence-corrected chi connectivity index (χ1v) is 11.4. The number of thioether (sulfide) groups is 1. The van der Waals surface area contributed by atoms with Crippen molar-refractivity contribution in [1.82, 2.24) is 19.5 Å². The van der Waals surface area contributed by atoms with E-state index in [1.165, 1.54) is 11.8 Å². The van der Waals surface area contributed by atoms with Gasteiger partial charge in [0.1, 0.15) is 0 Å². The first-order valence-electron chi connectivity index (χ1n) is 10.4. The number of amides is 1. The van der Waals surface area contributed by atoms with E-state index in [-0.39, 0.29) is 11.7 Å². The Labute approximate surface area is 191 Å². The van der Waals surface area contributed by atoms with Crippen molar-refractivity contribution in [1.29, 1.82) is 0 Å². The van der Waals surface area contributed by atoms with Crippen LogP contribution in [0.25, 0.3) is 16.6 Å². The molecule has 0 atom stereocenters. The molecule has 0 unspecified atom stereocenters. The zero-order valence-electron chi connectivity index (χ0n) is 18.7. The summed E-state index contributed by atoms with van der Waals surface area (Å²) in [6, 6.07) is 15.9. The molecule has 0 N–H and O–H groups in total. The molecule has 4 rings (SSSR count). The molecule has 0 saturated heterocycles. The fourth-order valence-electron chi connectivity index (χ4n) is 3.76. The number of nitrogens with zero attached hydrogens (tertiary/aromatic N) is 4. The van der Waals surface area contributed by atoms with Crippen LogP contribution in [0.1, 0.15) is 18.1 Å². The third kappa shape index (κ3) is 4.23. The van der Waals surface area contributed by atoms with Crippen LogP contribution in [-0.2, 0) is 11.3 Å². The van der Waals surface area contributed by atoms with E-state index in [1.54, 1.807) is 14.2 Å². The highest BCUT2D eigenvalue weighted by molar-refractivity contribution is 7.99. The molecule has 166 valence electrons. The summed E-state index contributed by atoms with van der Waals surface area (Å²) in [4.78, 5) is 14.8. The Bertz CT molecular complexity index is 1270. The van der Waals surface area contributed by atoms with E-state index in [0.717, 1.165) is 27.7 Å². The highest BCUT2D eigenvalue weighted by atomic mass is 32.2. The van der Waals surface area contributed by atoms with Crippen molar-refractivity contribution in [3.63, 3.8) is 0 Å². The van der Waals surface area contributed by atoms with Crippen LogP contribution < -0.4 is 9.47 Å². The Morgan fingerprint density at radius 1 is 1.06 bits per heavy atom. The smallest absolute Gasteiger partial charge is 0.233 e. The van der Waals surface area contributed by atoms with Gasteiger partial charge < -0.3 is 14.4 Å². The Morgan fingerprint density at radius 3 is 2.59 bits per heavy atom. The molecular formula is C24H26N4O3S. The SMILES string of the molecule is CCN(Cc1ccc(OC)c(OC)c1)C(=O)CSc1nnc2cc(C)c3ccccc3n12. The summed E-state index contributed by atoms with van der Waals surface area (Å²) < 4.78 is 12.7. The van der Waals surface area contributed by atoms with Crippen molar-refractivity contribution in [3.8, 4) is 11.5 Å². The van der Waals surface area contributed by atoms with E-state index in [9.17, 15) is 4.79 Å². The van der Waals surface area contributed by atoms with Gasteiger partial charge in [0, 0.05) is 18.5 Å². The van der Waals surface area contributed by atoms with Crippen LogP contribution in [0.15, 0.2) is 53.7 Å². The predicted octanol–water partition coefficient (Wildman–Crippen LogP) is 4.35. The summed E-state index contributed by atoms with van der Waals surface area (Å²) in [6.07, 6.45) is 0. The number of methoxy groups -OCH3 is 2. The minimum Gasteiger partial charge on any atom is -0.493 e. The topological polar surface area (TPSA) is 69.0 Å². The van der Waals surface area contributed by atoms with Gasteiger partial charge >= 0.3 is 0 Å². The van der Waals surface area contributed by atoms with Gasteiger partial charge in [-0.25, -0.2) is 0 Å². The molecule has 7 nitrogen and oxygen atoms in total. The van der Waals surface area contributed by atoms with Crippen LogP contribution in [0.5, 0.6) is 11.5 Å². The van der Waals surface area contributed by atoms with Crippen molar-refractivity contribution in [2.24, 2.45) is 0 Å². The molecule has 0 aliphatic heterocycles.